The molecule has 0 bridgehead atoms. The molecule has 0 aliphatic carbocycles. The lowest BCUT2D eigenvalue weighted by Crippen LogP contribution is -2.42. The van der Waals surface area contributed by atoms with Gasteiger partial charge in [-0.25, -0.2) is 0 Å². The molecule has 2 heterocycles. The highest BCUT2D eigenvalue weighted by Gasteiger charge is 2.12. The summed E-state index contributed by atoms with van der Waals surface area (Å²) in [6, 6.07) is 12.6. The molecule has 3 aromatic rings. The molecule has 3 rings (SSSR count). The predicted molar refractivity (Wildman–Crippen MR) is 92.6 cm³/mol. The Balaban J connectivity index is 1.47. The number of nitrogens with one attached hydrogen (secondary N) is 2. The van der Waals surface area contributed by atoms with Crippen molar-refractivity contribution in [3.05, 3.63) is 65.8 Å². The van der Waals surface area contributed by atoms with Gasteiger partial charge in [0.25, 0.3) is 5.91 Å². The Bertz CT molecular complexity index is 891. The smallest absolute Gasteiger partial charge is 0.288 e. The average Bonchev–Trinajstić information content (AvgIpc) is 3.14. The van der Waals surface area contributed by atoms with Crippen molar-refractivity contribution in [1.29, 1.82) is 0 Å². The van der Waals surface area contributed by atoms with Crippen LogP contribution in [0.5, 0.6) is 0 Å². The molecule has 8 heteroatoms. The average molecular weight is 351 g/mol. The number of hydrazine groups is 1. The van der Waals surface area contributed by atoms with E-state index in [1.54, 1.807) is 18.2 Å². The molecule has 132 valence electrons. The molecule has 2 aromatic heterocycles. The molecule has 26 heavy (non-hydrogen) atoms. The highest BCUT2D eigenvalue weighted by molar-refractivity contribution is 5.93. The monoisotopic (exact) mass is 351 g/mol. The summed E-state index contributed by atoms with van der Waals surface area (Å²) in [5.41, 5.74) is 6.80. The molecule has 0 unspecified atom stereocenters. The van der Waals surface area contributed by atoms with Crippen LogP contribution in [0.25, 0.3) is 11.5 Å². The van der Waals surface area contributed by atoms with E-state index in [1.807, 2.05) is 31.2 Å². The Morgan fingerprint density at radius 2 is 1.85 bits per heavy atom. The van der Waals surface area contributed by atoms with Crippen molar-refractivity contribution in [2.75, 3.05) is 0 Å². The summed E-state index contributed by atoms with van der Waals surface area (Å²) in [6.45, 7) is 1.99. The zero-order valence-electron chi connectivity index (χ0n) is 14.1. The van der Waals surface area contributed by atoms with Crippen molar-refractivity contribution in [3.63, 3.8) is 0 Å². The molecular weight excluding hydrogens is 334 g/mol. The van der Waals surface area contributed by atoms with Crippen molar-refractivity contribution in [1.82, 2.24) is 26.0 Å². The van der Waals surface area contributed by atoms with Crippen LogP contribution in [-0.4, -0.2) is 27.0 Å². The molecule has 0 saturated heterocycles. The first kappa shape index (κ1) is 17.3. The number of benzene rings is 1. The molecule has 1 aromatic carbocycles. The van der Waals surface area contributed by atoms with Gasteiger partial charge in [-0.2, -0.15) is 0 Å². The predicted octanol–water partition coefficient (Wildman–Crippen LogP) is 1.83. The maximum absolute atomic E-state index is 11.8. The quantitative estimate of drug-likeness (QED) is 0.679. The molecule has 2 N–H and O–H groups in total. The standard InChI is InChI=1S/C18H17N5O3/c1-12-5-7-13(8-6-12)18-23-21-16(26-18)10-9-15(24)20-22-17(25)14-4-2-3-11-19-14/h2-8,11H,9-10H2,1H3,(H,20,24)(H,22,25). The van der Waals surface area contributed by atoms with Crippen molar-refractivity contribution in [2.45, 2.75) is 19.8 Å². The van der Waals surface area contributed by atoms with E-state index in [0.29, 0.717) is 11.8 Å². The van der Waals surface area contributed by atoms with Crippen LogP contribution in [0, 0.1) is 6.92 Å². The number of aromatic nitrogens is 3. The lowest BCUT2D eigenvalue weighted by Gasteiger charge is -2.05. The van der Waals surface area contributed by atoms with Gasteiger partial charge in [-0.3, -0.25) is 25.4 Å². The summed E-state index contributed by atoms with van der Waals surface area (Å²) < 4.78 is 5.56. The number of nitrogens with zero attached hydrogens (tertiary/aromatic N) is 3. The van der Waals surface area contributed by atoms with Gasteiger partial charge in [-0.1, -0.05) is 23.8 Å². The van der Waals surface area contributed by atoms with Crippen LogP contribution >= 0.6 is 0 Å². The van der Waals surface area contributed by atoms with Gasteiger partial charge in [-0.05, 0) is 31.2 Å². The SMILES string of the molecule is Cc1ccc(-c2nnc(CCC(=O)NNC(=O)c3ccccn3)o2)cc1. The number of hydrogen-bond donors (Lipinski definition) is 2. The summed E-state index contributed by atoms with van der Waals surface area (Å²) in [6.07, 6.45) is 1.86. The van der Waals surface area contributed by atoms with Crippen LogP contribution in [0.1, 0.15) is 28.4 Å². The zero-order valence-corrected chi connectivity index (χ0v) is 14.1. The normalized spacial score (nSPS) is 10.3. The van der Waals surface area contributed by atoms with E-state index in [-0.39, 0.29) is 24.4 Å². The molecule has 0 radical (unpaired) electrons. The zero-order chi connectivity index (χ0) is 18.4. The van der Waals surface area contributed by atoms with Crippen molar-refractivity contribution >= 4 is 11.8 Å². The van der Waals surface area contributed by atoms with Crippen LogP contribution in [0.3, 0.4) is 0 Å². The van der Waals surface area contributed by atoms with Gasteiger partial charge in [0.15, 0.2) is 0 Å². The van der Waals surface area contributed by atoms with E-state index >= 15 is 0 Å². The van der Waals surface area contributed by atoms with Crippen molar-refractivity contribution in [2.24, 2.45) is 0 Å². The third kappa shape index (κ3) is 4.50. The third-order valence-electron chi connectivity index (χ3n) is 3.54. The number of hydrogen-bond acceptors (Lipinski definition) is 6. The number of pyridine rings is 1. The maximum Gasteiger partial charge on any atom is 0.288 e. The number of amides is 2. The van der Waals surface area contributed by atoms with Crippen LogP contribution in [0.2, 0.25) is 0 Å². The minimum atomic E-state index is -0.488. The highest BCUT2D eigenvalue weighted by atomic mass is 16.4. The van der Waals surface area contributed by atoms with Gasteiger partial charge < -0.3 is 4.42 Å². The number of carbonyl (C=O) groups excluding carboxylic acids is 2. The van der Waals surface area contributed by atoms with Crippen LogP contribution in [-0.2, 0) is 11.2 Å². The van der Waals surface area contributed by atoms with E-state index in [0.717, 1.165) is 11.1 Å². The highest BCUT2D eigenvalue weighted by Crippen LogP contribution is 2.18. The summed E-state index contributed by atoms with van der Waals surface area (Å²) in [5.74, 6) is -0.0987. The Kier molecular flexibility index (Phi) is 5.33. The van der Waals surface area contributed by atoms with Gasteiger partial charge in [0, 0.05) is 24.6 Å². The molecule has 2 amide bonds. The Hall–Kier alpha value is -3.55. The second kappa shape index (κ2) is 8.02. The molecule has 0 atom stereocenters. The van der Waals surface area contributed by atoms with Crippen LogP contribution in [0.15, 0.2) is 53.1 Å². The van der Waals surface area contributed by atoms with Crippen LogP contribution < -0.4 is 10.9 Å². The Morgan fingerprint density at radius 3 is 2.58 bits per heavy atom. The molecule has 0 fully saturated rings. The fraction of sp³-hybridized carbons (Fsp3) is 0.167. The largest absolute Gasteiger partial charge is 0.421 e. The van der Waals surface area contributed by atoms with Gasteiger partial charge >= 0.3 is 0 Å². The Labute approximate surface area is 149 Å². The molecule has 8 nitrogen and oxygen atoms in total. The van der Waals surface area contributed by atoms with E-state index < -0.39 is 5.91 Å². The summed E-state index contributed by atoms with van der Waals surface area (Å²) >= 11 is 0. The van der Waals surface area contributed by atoms with E-state index in [9.17, 15) is 9.59 Å². The molecule has 0 spiro atoms. The van der Waals surface area contributed by atoms with Gasteiger partial charge in [0.05, 0.1) is 0 Å². The fourth-order valence-corrected chi connectivity index (χ4v) is 2.14. The van der Waals surface area contributed by atoms with Crippen molar-refractivity contribution in [3.8, 4) is 11.5 Å². The number of rotatable bonds is 5. The fourth-order valence-electron chi connectivity index (χ4n) is 2.14. The lowest BCUT2D eigenvalue weighted by molar-refractivity contribution is -0.121. The number of carbonyl (C=O) groups is 2. The third-order valence-corrected chi connectivity index (χ3v) is 3.54. The van der Waals surface area contributed by atoms with Crippen molar-refractivity contribution < 1.29 is 14.0 Å². The maximum atomic E-state index is 11.8. The summed E-state index contributed by atoms with van der Waals surface area (Å²) in [7, 11) is 0. The topological polar surface area (TPSA) is 110 Å². The lowest BCUT2D eigenvalue weighted by atomic mass is 10.1. The molecule has 0 aliphatic rings. The van der Waals surface area contributed by atoms with Gasteiger partial charge in [-0.15, -0.1) is 10.2 Å². The first-order chi connectivity index (χ1) is 12.6. The summed E-state index contributed by atoms with van der Waals surface area (Å²) in [5, 5.41) is 7.92. The van der Waals surface area contributed by atoms with Crippen LogP contribution in [0.4, 0.5) is 0 Å². The van der Waals surface area contributed by atoms with E-state index in [1.165, 1.54) is 6.20 Å². The molecule has 0 aliphatic heterocycles. The van der Waals surface area contributed by atoms with Gasteiger partial charge in [0.2, 0.25) is 17.7 Å². The Morgan fingerprint density at radius 1 is 1.04 bits per heavy atom. The van der Waals surface area contributed by atoms with E-state index in [2.05, 4.69) is 26.0 Å². The molecule has 0 saturated carbocycles. The second-order valence-corrected chi connectivity index (χ2v) is 5.58. The summed E-state index contributed by atoms with van der Waals surface area (Å²) in [4.78, 5) is 27.5. The molecular formula is C18H17N5O3. The first-order valence-corrected chi connectivity index (χ1v) is 8.01. The minimum absolute atomic E-state index is 0.0953. The van der Waals surface area contributed by atoms with Gasteiger partial charge in [0.1, 0.15) is 5.69 Å². The minimum Gasteiger partial charge on any atom is -0.421 e. The first-order valence-electron chi connectivity index (χ1n) is 8.01. The van der Waals surface area contributed by atoms with E-state index in [4.69, 9.17) is 4.42 Å². The number of aryl methyl sites for hydroxylation is 2. The second-order valence-electron chi connectivity index (χ2n) is 5.58.